The van der Waals surface area contributed by atoms with Gasteiger partial charge in [-0.1, -0.05) is 44.7 Å². The summed E-state index contributed by atoms with van der Waals surface area (Å²) in [6, 6.07) is 9.39. The number of unbranched alkanes of at least 4 members (excludes halogenated alkanes) is 4. The van der Waals surface area contributed by atoms with E-state index in [9.17, 15) is 9.59 Å². The van der Waals surface area contributed by atoms with Crippen LogP contribution in [-0.2, 0) is 16.0 Å². The van der Waals surface area contributed by atoms with Gasteiger partial charge in [0.25, 0.3) is 0 Å². The van der Waals surface area contributed by atoms with Crippen molar-refractivity contribution in [3.8, 4) is 0 Å². The number of carbonyl (C=O) groups excluding carboxylic acids is 2. The van der Waals surface area contributed by atoms with E-state index >= 15 is 0 Å². The first-order valence-corrected chi connectivity index (χ1v) is 11.3. The summed E-state index contributed by atoms with van der Waals surface area (Å²) >= 11 is 0. The highest BCUT2D eigenvalue weighted by Crippen LogP contribution is 2.14. The lowest BCUT2D eigenvalue weighted by Crippen LogP contribution is -2.49. The highest BCUT2D eigenvalue weighted by atomic mass is 16.2. The van der Waals surface area contributed by atoms with Gasteiger partial charge in [-0.25, -0.2) is 9.97 Å². The van der Waals surface area contributed by atoms with E-state index in [1.807, 2.05) is 29.2 Å². The first-order valence-electron chi connectivity index (χ1n) is 11.3. The molecule has 3 rings (SSSR count). The van der Waals surface area contributed by atoms with Crippen LogP contribution in [0, 0.1) is 0 Å². The van der Waals surface area contributed by atoms with Crippen LogP contribution in [0.1, 0.15) is 51.0 Å². The van der Waals surface area contributed by atoms with E-state index in [1.54, 1.807) is 18.5 Å². The summed E-state index contributed by atoms with van der Waals surface area (Å²) in [6.45, 7) is 5.00. The molecule has 31 heavy (non-hydrogen) atoms. The maximum absolute atomic E-state index is 12.7. The number of carbonyl (C=O) groups is 2. The summed E-state index contributed by atoms with van der Waals surface area (Å²) in [4.78, 5) is 37.3. The highest BCUT2D eigenvalue weighted by molar-refractivity contribution is 5.90. The molecule has 7 nitrogen and oxygen atoms in total. The lowest BCUT2D eigenvalue weighted by molar-refractivity contribution is -0.130. The van der Waals surface area contributed by atoms with Crippen molar-refractivity contribution in [3.63, 3.8) is 0 Å². The van der Waals surface area contributed by atoms with Crippen LogP contribution in [0.25, 0.3) is 0 Å². The molecule has 2 aromatic rings. The Morgan fingerprint density at radius 3 is 2.29 bits per heavy atom. The molecule has 1 fully saturated rings. The SMILES string of the molecule is CCCCCCCC(=O)Nc1ccc(CC(=O)N2CCN(c3ncccn3)CC2)cc1. The standard InChI is InChI=1S/C24H33N5O2/c1-2-3-4-5-6-8-22(30)27-21-11-9-20(10-12-21)19-23(31)28-15-17-29(18-16-28)24-25-13-7-14-26-24/h7,9-14H,2-6,8,15-19H2,1H3,(H,27,30). The van der Waals surface area contributed by atoms with Crippen molar-refractivity contribution < 1.29 is 9.59 Å². The monoisotopic (exact) mass is 423 g/mol. The molecule has 0 unspecified atom stereocenters. The fraction of sp³-hybridized carbons (Fsp3) is 0.500. The van der Waals surface area contributed by atoms with Crippen LogP contribution in [0.3, 0.4) is 0 Å². The van der Waals surface area contributed by atoms with Gasteiger partial charge in [-0.05, 0) is 30.2 Å². The van der Waals surface area contributed by atoms with Crippen LogP contribution >= 0.6 is 0 Å². The molecule has 0 spiro atoms. The first kappa shape index (κ1) is 22.7. The molecule has 2 heterocycles. The summed E-state index contributed by atoms with van der Waals surface area (Å²) in [5, 5.41) is 2.95. The Balaban J connectivity index is 1.39. The van der Waals surface area contributed by atoms with E-state index in [0.717, 1.165) is 37.2 Å². The molecule has 7 heteroatoms. The number of nitrogens with zero attached hydrogens (tertiary/aromatic N) is 4. The Morgan fingerprint density at radius 2 is 1.61 bits per heavy atom. The van der Waals surface area contributed by atoms with Gasteiger partial charge in [0, 0.05) is 50.7 Å². The molecule has 0 bridgehead atoms. The second kappa shape index (κ2) is 12.0. The summed E-state index contributed by atoms with van der Waals surface area (Å²) in [6.07, 6.45) is 10.1. The Labute approximate surface area is 184 Å². The number of amides is 2. The average Bonchev–Trinajstić information content (AvgIpc) is 2.81. The Hall–Kier alpha value is -2.96. The van der Waals surface area contributed by atoms with Crippen LogP contribution in [0.2, 0.25) is 0 Å². The largest absolute Gasteiger partial charge is 0.339 e. The summed E-state index contributed by atoms with van der Waals surface area (Å²) in [5.74, 6) is 0.895. The molecule has 0 saturated carbocycles. The molecule has 166 valence electrons. The maximum Gasteiger partial charge on any atom is 0.227 e. The first-order chi connectivity index (χ1) is 15.2. The summed E-state index contributed by atoms with van der Waals surface area (Å²) in [5.41, 5.74) is 1.74. The van der Waals surface area contributed by atoms with E-state index in [2.05, 4.69) is 27.1 Å². The normalized spacial score (nSPS) is 13.8. The zero-order valence-electron chi connectivity index (χ0n) is 18.4. The number of rotatable bonds is 10. The predicted molar refractivity (Wildman–Crippen MR) is 123 cm³/mol. The van der Waals surface area contributed by atoms with Crippen LogP contribution in [0.5, 0.6) is 0 Å². The minimum absolute atomic E-state index is 0.0561. The van der Waals surface area contributed by atoms with Gasteiger partial charge in [0.15, 0.2) is 0 Å². The molecule has 1 aliphatic rings. The van der Waals surface area contributed by atoms with E-state index in [4.69, 9.17) is 0 Å². The van der Waals surface area contributed by atoms with Crippen molar-refractivity contribution in [1.29, 1.82) is 0 Å². The zero-order chi connectivity index (χ0) is 21.9. The van der Waals surface area contributed by atoms with Gasteiger partial charge in [0.1, 0.15) is 0 Å². The lowest BCUT2D eigenvalue weighted by atomic mass is 10.1. The highest BCUT2D eigenvalue weighted by Gasteiger charge is 2.22. The summed E-state index contributed by atoms with van der Waals surface area (Å²) in [7, 11) is 0. The topological polar surface area (TPSA) is 78.4 Å². The van der Waals surface area contributed by atoms with Crippen LogP contribution in [0.4, 0.5) is 11.6 Å². The van der Waals surface area contributed by atoms with Gasteiger partial charge in [-0.15, -0.1) is 0 Å². The molecular weight excluding hydrogens is 390 g/mol. The van der Waals surface area contributed by atoms with E-state index in [-0.39, 0.29) is 11.8 Å². The Kier molecular flexibility index (Phi) is 8.82. The molecular formula is C24H33N5O2. The van der Waals surface area contributed by atoms with Crippen molar-refractivity contribution in [2.75, 3.05) is 36.4 Å². The van der Waals surface area contributed by atoms with Crippen molar-refractivity contribution in [3.05, 3.63) is 48.3 Å². The van der Waals surface area contributed by atoms with Gasteiger partial charge in [0.05, 0.1) is 6.42 Å². The second-order valence-electron chi connectivity index (χ2n) is 8.00. The van der Waals surface area contributed by atoms with Gasteiger partial charge in [0.2, 0.25) is 17.8 Å². The van der Waals surface area contributed by atoms with Crippen LogP contribution < -0.4 is 10.2 Å². The quantitative estimate of drug-likeness (QED) is 0.590. The molecule has 1 saturated heterocycles. The smallest absolute Gasteiger partial charge is 0.227 e. The van der Waals surface area contributed by atoms with Gasteiger partial charge in [-0.2, -0.15) is 0 Å². The summed E-state index contributed by atoms with van der Waals surface area (Å²) < 4.78 is 0. The molecule has 1 aliphatic heterocycles. The fourth-order valence-electron chi connectivity index (χ4n) is 3.72. The minimum atomic E-state index is 0.0561. The lowest BCUT2D eigenvalue weighted by Gasteiger charge is -2.34. The molecule has 1 N–H and O–H groups in total. The van der Waals surface area contributed by atoms with Gasteiger partial charge in [-0.3, -0.25) is 9.59 Å². The number of hydrogen-bond acceptors (Lipinski definition) is 5. The minimum Gasteiger partial charge on any atom is -0.339 e. The molecule has 1 aromatic carbocycles. The van der Waals surface area contributed by atoms with Crippen molar-refractivity contribution in [2.45, 2.75) is 51.9 Å². The van der Waals surface area contributed by atoms with Crippen molar-refractivity contribution >= 4 is 23.5 Å². The van der Waals surface area contributed by atoms with E-state index in [1.165, 1.54) is 19.3 Å². The zero-order valence-corrected chi connectivity index (χ0v) is 18.4. The number of aromatic nitrogens is 2. The molecule has 2 amide bonds. The van der Waals surface area contributed by atoms with Crippen LogP contribution in [-0.4, -0.2) is 52.9 Å². The van der Waals surface area contributed by atoms with Crippen LogP contribution in [0.15, 0.2) is 42.7 Å². The molecule has 0 atom stereocenters. The number of piperazine rings is 1. The second-order valence-corrected chi connectivity index (χ2v) is 8.00. The van der Waals surface area contributed by atoms with Crippen molar-refractivity contribution in [1.82, 2.24) is 14.9 Å². The fourth-order valence-corrected chi connectivity index (χ4v) is 3.72. The number of hydrogen-bond donors (Lipinski definition) is 1. The Bertz CT molecular complexity index is 818. The third-order valence-corrected chi connectivity index (χ3v) is 5.57. The van der Waals surface area contributed by atoms with E-state index < -0.39 is 0 Å². The van der Waals surface area contributed by atoms with Gasteiger partial charge >= 0.3 is 0 Å². The predicted octanol–water partition coefficient (Wildman–Crippen LogP) is 3.67. The van der Waals surface area contributed by atoms with E-state index in [0.29, 0.717) is 31.9 Å². The average molecular weight is 424 g/mol. The third-order valence-electron chi connectivity index (χ3n) is 5.57. The number of benzene rings is 1. The molecule has 0 radical (unpaired) electrons. The number of nitrogens with one attached hydrogen (secondary N) is 1. The maximum atomic E-state index is 12.7. The molecule has 1 aromatic heterocycles. The number of anilines is 2. The Morgan fingerprint density at radius 1 is 0.935 bits per heavy atom. The third kappa shape index (κ3) is 7.35. The van der Waals surface area contributed by atoms with Gasteiger partial charge < -0.3 is 15.1 Å². The molecule has 0 aliphatic carbocycles. The van der Waals surface area contributed by atoms with Crippen molar-refractivity contribution in [2.24, 2.45) is 0 Å².